The molecule has 0 atom stereocenters. The van der Waals surface area contributed by atoms with Gasteiger partial charge in [-0.2, -0.15) is 0 Å². The van der Waals surface area contributed by atoms with Gasteiger partial charge < -0.3 is 5.11 Å². The molecule has 0 unspecified atom stereocenters. The van der Waals surface area contributed by atoms with Crippen molar-refractivity contribution < 1.29 is 9.90 Å². The van der Waals surface area contributed by atoms with Crippen LogP contribution in [0.2, 0.25) is 0 Å². The molecular formula is C12H17N5O2S. The van der Waals surface area contributed by atoms with E-state index >= 15 is 0 Å². The molecule has 2 heterocycles. The number of carboxylic acid groups (broad SMARTS) is 1. The van der Waals surface area contributed by atoms with Gasteiger partial charge in [-0.25, -0.2) is 9.67 Å². The lowest BCUT2D eigenvalue weighted by molar-refractivity contribution is -0.150. The number of aromatic nitrogens is 5. The van der Waals surface area contributed by atoms with Gasteiger partial charge in [-0.3, -0.25) is 4.79 Å². The maximum atomic E-state index is 11.6. The summed E-state index contributed by atoms with van der Waals surface area (Å²) in [5.74, 6) is -0.243. The fourth-order valence-corrected chi connectivity index (χ4v) is 2.85. The molecule has 0 aliphatic heterocycles. The number of thiazole rings is 1. The number of nitrogens with zero attached hydrogens (tertiary/aromatic N) is 5. The van der Waals surface area contributed by atoms with Gasteiger partial charge >= 0.3 is 5.97 Å². The van der Waals surface area contributed by atoms with Crippen molar-refractivity contribution in [2.45, 2.75) is 40.2 Å². The third kappa shape index (κ3) is 2.55. The first kappa shape index (κ1) is 14.6. The Morgan fingerprint density at radius 3 is 2.65 bits per heavy atom. The van der Waals surface area contributed by atoms with Crippen LogP contribution in [-0.2, 0) is 11.3 Å². The highest BCUT2D eigenvalue weighted by Crippen LogP contribution is 2.31. The quantitative estimate of drug-likeness (QED) is 0.876. The highest BCUT2D eigenvalue weighted by atomic mass is 32.1. The molecule has 0 saturated heterocycles. The van der Waals surface area contributed by atoms with Crippen molar-refractivity contribution in [3.8, 4) is 10.7 Å². The largest absolute Gasteiger partial charge is 0.481 e. The van der Waals surface area contributed by atoms with Gasteiger partial charge in [0.15, 0.2) is 5.82 Å². The minimum Gasteiger partial charge on any atom is -0.481 e. The minimum absolute atomic E-state index is 0.259. The number of tetrazole rings is 1. The summed E-state index contributed by atoms with van der Waals surface area (Å²) in [6.07, 6.45) is 2.77. The van der Waals surface area contributed by atoms with Crippen LogP contribution < -0.4 is 0 Å². The second kappa shape index (κ2) is 5.66. The fraction of sp³-hybridized carbons (Fsp3) is 0.583. The zero-order valence-corrected chi connectivity index (χ0v) is 12.5. The molecule has 108 valence electrons. The number of aryl methyl sites for hydroxylation is 1. The average Bonchev–Trinajstić information content (AvgIpc) is 3.04. The van der Waals surface area contributed by atoms with Gasteiger partial charge in [0, 0.05) is 6.20 Å². The second-order valence-electron chi connectivity index (χ2n) is 4.70. The number of carbonyl (C=O) groups is 1. The Morgan fingerprint density at radius 1 is 1.45 bits per heavy atom. The van der Waals surface area contributed by atoms with Crippen LogP contribution in [-0.4, -0.2) is 36.3 Å². The SMILES string of the molecule is CCC(CC)(Cn1nnnc1-c1cnc(C)s1)C(=O)O. The summed E-state index contributed by atoms with van der Waals surface area (Å²) in [5, 5.41) is 22.0. The van der Waals surface area contributed by atoms with E-state index in [0.717, 1.165) is 9.88 Å². The van der Waals surface area contributed by atoms with Crippen molar-refractivity contribution in [1.29, 1.82) is 0 Å². The van der Waals surface area contributed by atoms with E-state index in [0.29, 0.717) is 18.7 Å². The molecule has 8 heteroatoms. The lowest BCUT2D eigenvalue weighted by atomic mass is 9.82. The monoisotopic (exact) mass is 295 g/mol. The molecule has 0 aliphatic carbocycles. The predicted molar refractivity (Wildman–Crippen MR) is 74.3 cm³/mol. The average molecular weight is 295 g/mol. The highest BCUT2D eigenvalue weighted by molar-refractivity contribution is 7.14. The van der Waals surface area contributed by atoms with Crippen LogP contribution >= 0.6 is 11.3 Å². The van der Waals surface area contributed by atoms with E-state index in [4.69, 9.17) is 0 Å². The van der Waals surface area contributed by atoms with Gasteiger partial charge in [0.2, 0.25) is 0 Å². The Balaban J connectivity index is 2.35. The molecule has 0 amide bonds. The molecule has 2 aromatic rings. The van der Waals surface area contributed by atoms with Crippen molar-refractivity contribution in [3.05, 3.63) is 11.2 Å². The molecule has 0 aliphatic rings. The summed E-state index contributed by atoms with van der Waals surface area (Å²) < 4.78 is 1.56. The third-order valence-electron chi connectivity index (χ3n) is 3.63. The van der Waals surface area contributed by atoms with Crippen LogP contribution in [0.25, 0.3) is 10.7 Å². The molecule has 0 saturated carbocycles. The Morgan fingerprint density at radius 2 is 2.15 bits per heavy atom. The smallest absolute Gasteiger partial charge is 0.311 e. The number of hydrogen-bond acceptors (Lipinski definition) is 6. The molecule has 0 radical (unpaired) electrons. The third-order valence-corrected chi connectivity index (χ3v) is 4.54. The molecule has 20 heavy (non-hydrogen) atoms. The first-order valence-electron chi connectivity index (χ1n) is 6.44. The van der Waals surface area contributed by atoms with E-state index in [-0.39, 0.29) is 6.54 Å². The molecular weight excluding hydrogens is 278 g/mol. The number of hydrogen-bond donors (Lipinski definition) is 1. The van der Waals surface area contributed by atoms with Gasteiger partial charge in [-0.15, -0.1) is 16.4 Å². The first-order chi connectivity index (χ1) is 9.52. The fourth-order valence-electron chi connectivity index (χ4n) is 2.08. The standard InChI is InChI=1S/C12H17N5O2S/c1-4-12(5-2,11(18)19)7-17-10(14-15-16-17)9-6-13-8(3)20-9/h6H,4-5,7H2,1-3H3,(H,18,19). The van der Waals surface area contributed by atoms with E-state index in [1.807, 2.05) is 20.8 Å². The lowest BCUT2D eigenvalue weighted by Gasteiger charge is -2.26. The van der Waals surface area contributed by atoms with E-state index in [2.05, 4.69) is 20.5 Å². The van der Waals surface area contributed by atoms with E-state index in [9.17, 15) is 9.90 Å². The summed E-state index contributed by atoms with van der Waals surface area (Å²) in [6, 6.07) is 0. The molecule has 0 bridgehead atoms. The molecule has 0 fully saturated rings. The Labute approximate surface area is 120 Å². The summed E-state index contributed by atoms with van der Waals surface area (Å²) in [6.45, 7) is 5.91. The summed E-state index contributed by atoms with van der Waals surface area (Å²) in [4.78, 5) is 16.6. The molecule has 0 aromatic carbocycles. The van der Waals surface area contributed by atoms with E-state index in [1.54, 1.807) is 10.9 Å². The van der Waals surface area contributed by atoms with Gasteiger partial charge in [0.25, 0.3) is 0 Å². The normalized spacial score (nSPS) is 11.8. The molecule has 0 spiro atoms. The zero-order chi connectivity index (χ0) is 14.8. The summed E-state index contributed by atoms with van der Waals surface area (Å²) in [5.41, 5.74) is -0.843. The zero-order valence-electron chi connectivity index (χ0n) is 11.7. The highest BCUT2D eigenvalue weighted by Gasteiger charge is 2.36. The van der Waals surface area contributed by atoms with Gasteiger partial charge in [-0.05, 0) is 30.2 Å². The Hall–Kier alpha value is -1.83. The van der Waals surface area contributed by atoms with Crippen molar-refractivity contribution in [1.82, 2.24) is 25.2 Å². The van der Waals surface area contributed by atoms with Crippen LogP contribution in [0.5, 0.6) is 0 Å². The maximum Gasteiger partial charge on any atom is 0.311 e. The van der Waals surface area contributed by atoms with Crippen LogP contribution in [0, 0.1) is 12.3 Å². The lowest BCUT2D eigenvalue weighted by Crippen LogP contribution is -2.35. The molecule has 7 nitrogen and oxygen atoms in total. The summed E-state index contributed by atoms with van der Waals surface area (Å²) in [7, 11) is 0. The molecule has 2 rings (SSSR count). The van der Waals surface area contributed by atoms with E-state index < -0.39 is 11.4 Å². The Kier molecular flexibility index (Phi) is 4.12. The van der Waals surface area contributed by atoms with Crippen molar-refractivity contribution >= 4 is 17.3 Å². The van der Waals surface area contributed by atoms with Crippen molar-refractivity contribution in [2.75, 3.05) is 0 Å². The van der Waals surface area contributed by atoms with Gasteiger partial charge in [0.05, 0.1) is 21.8 Å². The number of carboxylic acids is 1. The van der Waals surface area contributed by atoms with Crippen molar-refractivity contribution in [2.24, 2.45) is 5.41 Å². The Bertz CT molecular complexity index is 603. The van der Waals surface area contributed by atoms with E-state index in [1.165, 1.54) is 11.3 Å². The predicted octanol–water partition coefficient (Wildman–Crippen LogP) is 2.00. The minimum atomic E-state index is -0.843. The number of aliphatic carboxylic acids is 1. The maximum absolute atomic E-state index is 11.6. The second-order valence-corrected chi connectivity index (χ2v) is 5.93. The number of rotatable bonds is 6. The summed E-state index contributed by atoms with van der Waals surface area (Å²) >= 11 is 1.49. The first-order valence-corrected chi connectivity index (χ1v) is 7.26. The van der Waals surface area contributed by atoms with Crippen LogP contribution in [0.1, 0.15) is 31.7 Å². The van der Waals surface area contributed by atoms with Crippen LogP contribution in [0.3, 0.4) is 0 Å². The van der Waals surface area contributed by atoms with Crippen molar-refractivity contribution in [3.63, 3.8) is 0 Å². The van der Waals surface area contributed by atoms with Crippen LogP contribution in [0.4, 0.5) is 0 Å². The van der Waals surface area contributed by atoms with Gasteiger partial charge in [-0.1, -0.05) is 13.8 Å². The van der Waals surface area contributed by atoms with Crippen LogP contribution in [0.15, 0.2) is 6.20 Å². The topological polar surface area (TPSA) is 93.8 Å². The molecule has 1 N–H and O–H groups in total. The molecule has 2 aromatic heterocycles. The van der Waals surface area contributed by atoms with Gasteiger partial charge in [0.1, 0.15) is 0 Å².